The molecule has 8 nitrogen and oxygen atoms in total. The minimum absolute atomic E-state index is 0.375. The summed E-state index contributed by atoms with van der Waals surface area (Å²) in [7, 11) is 0. The van der Waals surface area contributed by atoms with Crippen LogP contribution in [0.3, 0.4) is 0 Å². The van der Waals surface area contributed by atoms with Gasteiger partial charge in [-0.05, 0) is 48.7 Å². The number of hydrogen-bond acceptors (Lipinski definition) is 7. The molecule has 0 atom stereocenters. The number of aromatic nitrogens is 3. The Bertz CT molecular complexity index is 1260. The van der Waals surface area contributed by atoms with Gasteiger partial charge < -0.3 is 19.3 Å². The van der Waals surface area contributed by atoms with E-state index in [1.54, 1.807) is 4.57 Å². The molecular weight excluding hydrogens is 468 g/mol. The zero-order valence-corrected chi connectivity index (χ0v) is 20.4. The maximum atomic E-state index is 6.10. The van der Waals surface area contributed by atoms with E-state index >= 15 is 0 Å². The van der Waals surface area contributed by atoms with Crippen LogP contribution in [0.5, 0.6) is 0 Å². The highest BCUT2D eigenvalue weighted by molar-refractivity contribution is 7.72. The van der Waals surface area contributed by atoms with Crippen LogP contribution >= 0.6 is 24.4 Å². The van der Waals surface area contributed by atoms with E-state index in [1.165, 1.54) is 0 Å². The molecule has 2 aliphatic heterocycles. The number of hydrogen-bond donors (Lipinski definition) is 0. The Morgan fingerprint density at radius 1 is 0.794 bits per heavy atom. The molecule has 2 fully saturated rings. The van der Waals surface area contributed by atoms with Gasteiger partial charge in [0.25, 0.3) is 0 Å². The molecule has 0 aliphatic carbocycles. The minimum Gasteiger partial charge on any atom is -0.378 e. The molecule has 0 amide bonds. The predicted molar refractivity (Wildman–Crippen MR) is 138 cm³/mol. The smallest absolute Gasteiger partial charge is 0.215 e. The minimum atomic E-state index is 0.375. The van der Waals surface area contributed by atoms with Crippen molar-refractivity contribution in [3.8, 4) is 5.69 Å². The molecule has 1 aromatic heterocycles. The second kappa shape index (κ2) is 10.6. The highest BCUT2D eigenvalue weighted by Crippen LogP contribution is 2.22. The first-order valence-corrected chi connectivity index (χ1v) is 12.1. The van der Waals surface area contributed by atoms with Gasteiger partial charge in [-0.1, -0.05) is 36.4 Å². The molecule has 0 radical (unpaired) electrons. The summed E-state index contributed by atoms with van der Waals surface area (Å²) < 4.78 is 15.8. The highest BCUT2D eigenvalue weighted by atomic mass is 32.1. The first-order chi connectivity index (χ1) is 16.7. The van der Waals surface area contributed by atoms with Crippen molar-refractivity contribution in [2.75, 3.05) is 57.5 Å². The zero-order chi connectivity index (χ0) is 23.3. The largest absolute Gasteiger partial charge is 0.378 e. The van der Waals surface area contributed by atoms with Crippen LogP contribution in [0.1, 0.15) is 0 Å². The molecule has 3 heterocycles. The number of rotatable bonds is 3. The predicted octanol–water partition coefficient (Wildman–Crippen LogP) is 3.84. The van der Waals surface area contributed by atoms with Crippen molar-refractivity contribution < 1.29 is 9.47 Å². The fraction of sp³-hybridized carbons (Fsp3) is 0.333. The summed E-state index contributed by atoms with van der Waals surface area (Å²) in [5.74, 6) is 1.39. The zero-order valence-electron chi connectivity index (χ0n) is 18.7. The van der Waals surface area contributed by atoms with Crippen LogP contribution < -0.4 is 4.90 Å². The van der Waals surface area contributed by atoms with E-state index in [0.717, 1.165) is 30.4 Å². The molecule has 0 unspecified atom stereocenters. The first-order valence-electron chi connectivity index (χ1n) is 11.3. The Labute approximate surface area is 208 Å². The average molecular weight is 495 g/mol. The summed E-state index contributed by atoms with van der Waals surface area (Å²) >= 11 is 11.9. The molecule has 34 heavy (non-hydrogen) atoms. The Kier molecular flexibility index (Phi) is 7.10. The second-order valence-electron chi connectivity index (χ2n) is 7.93. The Morgan fingerprint density at radius 3 is 2.03 bits per heavy atom. The lowest BCUT2D eigenvalue weighted by atomic mass is 10.3. The highest BCUT2D eigenvalue weighted by Gasteiger charge is 2.24. The van der Waals surface area contributed by atoms with Crippen LogP contribution in [-0.4, -0.2) is 77.6 Å². The van der Waals surface area contributed by atoms with Gasteiger partial charge in [0.15, 0.2) is 4.77 Å². The van der Waals surface area contributed by atoms with E-state index in [4.69, 9.17) is 43.9 Å². The maximum absolute atomic E-state index is 6.10. The van der Waals surface area contributed by atoms with Crippen LogP contribution in [0.2, 0.25) is 0 Å². The standard InChI is InChI=1S/C24H26N6O2S2/c33-23-26-22(28-13-17-32-18-14-28)29(20-9-5-2-6-10-20)24(34)30(23)21(27-11-15-31-16-12-27)25-19-7-3-1-4-8-19/h1-10H,11-18H2. The van der Waals surface area contributed by atoms with Gasteiger partial charge in [-0.2, -0.15) is 4.98 Å². The Hall–Kier alpha value is -2.92. The van der Waals surface area contributed by atoms with Crippen molar-refractivity contribution in [1.29, 1.82) is 0 Å². The third-order valence-corrected chi connectivity index (χ3v) is 6.40. The Morgan fingerprint density at radius 2 is 1.38 bits per heavy atom. The van der Waals surface area contributed by atoms with Gasteiger partial charge in [0.2, 0.25) is 16.7 Å². The molecule has 0 bridgehead atoms. The molecule has 3 aromatic rings. The molecule has 2 aromatic carbocycles. The number of ether oxygens (including phenoxy) is 2. The van der Waals surface area contributed by atoms with Crippen LogP contribution in [0.25, 0.3) is 5.69 Å². The lowest BCUT2D eigenvalue weighted by Gasteiger charge is -2.33. The third kappa shape index (κ3) is 4.80. The lowest BCUT2D eigenvalue weighted by molar-refractivity contribution is 0.0665. The van der Waals surface area contributed by atoms with Gasteiger partial charge >= 0.3 is 0 Å². The van der Waals surface area contributed by atoms with Crippen molar-refractivity contribution in [3.05, 3.63) is 70.2 Å². The van der Waals surface area contributed by atoms with E-state index < -0.39 is 0 Å². The number of nitrogens with zero attached hydrogens (tertiary/aromatic N) is 6. The summed E-state index contributed by atoms with van der Waals surface area (Å²) in [6, 6.07) is 19.9. The van der Waals surface area contributed by atoms with Crippen molar-refractivity contribution in [2.45, 2.75) is 0 Å². The van der Waals surface area contributed by atoms with E-state index in [1.807, 2.05) is 65.2 Å². The number of benzene rings is 2. The van der Waals surface area contributed by atoms with Crippen LogP contribution in [-0.2, 0) is 9.47 Å². The molecule has 10 heteroatoms. The van der Waals surface area contributed by atoms with Gasteiger partial charge in [-0.15, -0.1) is 0 Å². The average Bonchev–Trinajstić information content (AvgIpc) is 2.90. The summed E-state index contributed by atoms with van der Waals surface area (Å²) in [6.45, 7) is 5.34. The fourth-order valence-corrected chi connectivity index (χ4v) is 4.71. The van der Waals surface area contributed by atoms with Crippen molar-refractivity contribution in [3.63, 3.8) is 0 Å². The summed E-state index contributed by atoms with van der Waals surface area (Å²) in [5, 5.41) is 0. The molecular formula is C24H26N6O2S2. The maximum Gasteiger partial charge on any atom is 0.215 e. The van der Waals surface area contributed by atoms with Crippen LogP contribution in [0.4, 0.5) is 11.6 Å². The molecule has 0 N–H and O–H groups in total. The summed E-state index contributed by atoms with van der Waals surface area (Å²) in [5.41, 5.74) is 1.75. The van der Waals surface area contributed by atoms with E-state index in [2.05, 4.69) is 9.80 Å². The van der Waals surface area contributed by atoms with Gasteiger partial charge in [0.1, 0.15) is 0 Å². The molecule has 0 saturated carbocycles. The lowest BCUT2D eigenvalue weighted by Crippen LogP contribution is -2.45. The summed E-state index contributed by atoms with van der Waals surface area (Å²) in [4.78, 5) is 14.2. The van der Waals surface area contributed by atoms with Gasteiger partial charge in [0, 0.05) is 26.2 Å². The number of aliphatic imine (C=N–C) groups is 1. The fourth-order valence-electron chi connectivity index (χ4n) is 4.05. The number of para-hydroxylation sites is 2. The number of anilines is 1. The van der Waals surface area contributed by atoms with Gasteiger partial charge in [-0.3, -0.25) is 4.57 Å². The van der Waals surface area contributed by atoms with Gasteiger partial charge in [-0.25, -0.2) is 9.56 Å². The monoisotopic (exact) mass is 494 g/mol. The van der Waals surface area contributed by atoms with E-state index in [9.17, 15) is 0 Å². The normalized spacial score (nSPS) is 17.1. The van der Waals surface area contributed by atoms with E-state index in [0.29, 0.717) is 55.0 Å². The Balaban J connectivity index is 1.73. The molecule has 2 aliphatic rings. The second-order valence-corrected chi connectivity index (χ2v) is 8.66. The van der Waals surface area contributed by atoms with Crippen molar-refractivity contribution >= 4 is 42.0 Å². The van der Waals surface area contributed by atoms with Gasteiger partial charge in [0.05, 0.1) is 37.8 Å². The van der Waals surface area contributed by atoms with Crippen molar-refractivity contribution in [2.24, 2.45) is 4.99 Å². The molecule has 176 valence electrons. The first kappa shape index (κ1) is 22.9. The summed E-state index contributed by atoms with van der Waals surface area (Å²) in [6.07, 6.45) is 0. The third-order valence-electron chi connectivity index (χ3n) is 5.76. The quantitative estimate of drug-likeness (QED) is 0.312. The topological polar surface area (TPSA) is 60.0 Å². The SMILES string of the molecule is S=c1nc(N2CCOCC2)n(-c2ccccc2)c(=S)n1C(=Nc1ccccc1)N1CCOCC1. The van der Waals surface area contributed by atoms with Crippen LogP contribution in [0.15, 0.2) is 65.7 Å². The molecule has 0 spiro atoms. The van der Waals surface area contributed by atoms with Crippen LogP contribution in [0, 0.1) is 9.54 Å². The molecule has 5 rings (SSSR count). The number of morpholine rings is 2. The van der Waals surface area contributed by atoms with Crippen molar-refractivity contribution in [1.82, 2.24) is 19.0 Å². The van der Waals surface area contributed by atoms with E-state index in [-0.39, 0.29) is 0 Å². The molecule has 2 saturated heterocycles.